The highest BCUT2D eigenvalue weighted by Crippen LogP contribution is 2.35. The summed E-state index contributed by atoms with van der Waals surface area (Å²) < 4.78 is 5.49. The minimum absolute atomic E-state index is 0.00125. The average Bonchev–Trinajstić information content (AvgIpc) is 2.41. The fourth-order valence-electron chi connectivity index (χ4n) is 1.91. The van der Waals surface area contributed by atoms with E-state index >= 15 is 0 Å². The van der Waals surface area contributed by atoms with Crippen molar-refractivity contribution in [2.75, 3.05) is 11.9 Å². The highest BCUT2D eigenvalue weighted by atomic mass is 16.5. The molecule has 3 N–H and O–H groups in total. The van der Waals surface area contributed by atoms with Crippen LogP contribution < -0.4 is 15.8 Å². The second kappa shape index (κ2) is 4.53. The van der Waals surface area contributed by atoms with Gasteiger partial charge >= 0.3 is 0 Å². The van der Waals surface area contributed by atoms with Crippen molar-refractivity contribution >= 4 is 11.6 Å². The summed E-state index contributed by atoms with van der Waals surface area (Å²) in [7, 11) is 0. The van der Waals surface area contributed by atoms with E-state index in [1.165, 1.54) is 0 Å². The Morgan fingerprint density at radius 3 is 3.12 bits per heavy atom. The summed E-state index contributed by atoms with van der Waals surface area (Å²) in [6, 6.07) is 5.59. The summed E-state index contributed by atoms with van der Waals surface area (Å²) >= 11 is 0. The van der Waals surface area contributed by atoms with E-state index in [9.17, 15) is 4.79 Å². The summed E-state index contributed by atoms with van der Waals surface area (Å²) in [5.74, 6) is 0.701. The lowest BCUT2D eigenvalue weighted by molar-refractivity contribution is -0.116. The van der Waals surface area contributed by atoms with Crippen LogP contribution in [0, 0.1) is 0 Å². The third-order valence-electron chi connectivity index (χ3n) is 2.70. The molecule has 1 heterocycles. The Bertz CT molecular complexity index is 404. The lowest BCUT2D eigenvalue weighted by atomic mass is 10.0. The van der Waals surface area contributed by atoms with Crippen molar-refractivity contribution in [1.29, 1.82) is 0 Å². The Kier molecular flexibility index (Phi) is 3.10. The van der Waals surface area contributed by atoms with Crippen LogP contribution in [0.15, 0.2) is 18.2 Å². The lowest BCUT2D eigenvalue weighted by Gasteiger charge is -2.15. The molecular formula is C12H16N2O2. The van der Waals surface area contributed by atoms with Crippen LogP contribution in [0.25, 0.3) is 0 Å². The van der Waals surface area contributed by atoms with Crippen LogP contribution in [0.3, 0.4) is 0 Å². The quantitative estimate of drug-likeness (QED) is 0.799. The van der Waals surface area contributed by atoms with Crippen LogP contribution in [0.2, 0.25) is 0 Å². The molecule has 0 spiro atoms. The molecule has 0 saturated heterocycles. The maximum atomic E-state index is 11.5. The second-order valence-electron chi connectivity index (χ2n) is 3.85. The van der Waals surface area contributed by atoms with Gasteiger partial charge in [0.1, 0.15) is 5.75 Å². The number of anilines is 1. The molecule has 0 bridgehead atoms. The van der Waals surface area contributed by atoms with Crippen LogP contribution in [0.5, 0.6) is 5.75 Å². The Hall–Kier alpha value is -1.55. The van der Waals surface area contributed by atoms with Gasteiger partial charge in [-0.2, -0.15) is 0 Å². The van der Waals surface area contributed by atoms with Gasteiger partial charge in [0.15, 0.2) is 0 Å². The average molecular weight is 220 g/mol. The van der Waals surface area contributed by atoms with Gasteiger partial charge in [-0.15, -0.1) is 0 Å². The summed E-state index contributed by atoms with van der Waals surface area (Å²) in [6.07, 6.45) is 1.13. The van der Waals surface area contributed by atoms with Crippen LogP contribution in [0.4, 0.5) is 5.69 Å². The molecule has 0 aromatic heterocycles. The van der Waals surface area contributed by atoms with E-state index in [1.54, 1.807) is 0 Å². The minimum atomic E-state index is -0.102. The van der Waals surface area contributed by atoms with E-state index in [2.05, 4.69) is 5.32 Å². The van der Waals surface area contributed by atoms with Gasteiger partial charge in [-0.1, -0.05) is 12.1 Å². The van der Waals surface area contributed by atoms with Gasteiger partial charge in [0.05, 0.1) is 12.3 Å². The molecule has 0 fully saturated rings. The zero-order chi connectivity index (χ0) is 11.5. The third kappa shape index (κ3) is 2.02. The van der Waals surface area contributed by atoms with E-state index in [4.69, 9.17) is 10.5 Å². The van der Waals surface area contributed by atoms with Crippen LogP contribution in [-0.2, 0) is 4.79 Å². The zero-order valence-electron chi connectivity index (χ0n) is 9.32. The Balaban J connectivity index is 2.45. The maximum Gasteiger partial charge on any atom is 0.224 e. The van der Waals surface area contributed by atoms with Gasteiger partial charge in [0, 0.05) is 12.5 Å². The number of hydrogen-bond donors (Lipinski definition) is 2. The molecule has 0 aliphatic carbocycles. The minimum Gasteiger partial charge on any atom is -0.492 e. The number of para-hydroxylation sites is 1. The van der Waals surface area contributed by atoms with Crippen LogP contribution in [-0.4, -0.2) is 12.5 Å². The number of nitrogens with two attached hydrogens (primary N) is 1. The van der Waals surface area contributed by atoms with E-state index < -0.39 is 0 Å². The highest BCUT2D eigenvalue weighted by Gasteiger charge is 2.21. The molecule has 4 heteroatoms. The smallest absolute Gasteiger partial charge is 0.224 e. The first-order valence-corrected chi connectivity index (χ1v) is 5.53. The molecule has 86 valence electrons. The van der Waals surface area contributed by atoms with E-state index in [0.29, 0.717) is 25.2 Å². The van der Waals surface area contributed by atoms with Crippen molar-refractivity contribution < 1.29 is 9.53 Å². The number of nitrogens with one attached hydrogen (secondary N) is 1. The normalized spacial score (nSPS) is 19.6. The monoisotopic (exact) mass is 220 g/mol. The lowest BCUT2D eigenvalue weighted by Crippen LogP contribution is -2.11. The van der Waals surface area contributed by atoms with Gasteiger partial charge in [-0.25, -0.2) is 0 Å². The number of benzene rings is 1. The molecule has 1 unspecified atom stereocenters. The van der Waals surface area contributed by atoms with Crippen molar-refractivity contribution in [2.24, 2.45) is 5.73 Å². The predicted octanol–water partition coefficient (Wildman–Crippen LogP) is 1.82. The van der Waals surface area contributed by atoms with E-state index in [0.717, 1.165) is 11.3 Å². The summed E-state index contributed by atoms with van der Waals surface area (Å²) in [5.41, 5.74) is 7.72. The SMILES string of the molecule is CCOc1cccc2c1NC(=O)CCC2N. The first-order valence-electron chi connectivity index (χ1n) is 5.53. The number of hydrogen-bond acceptors (Lipinski definition) is 3. The largest absolute Gasteiger partial charge is 0.492 e. The highest BCUT2D eigenvalue weighted by molar-refractivity contribution is 5.94. The Morgan fingerprint density at radius 1 is 1.56 bits per heavy atom. The second-order valence-corrected chi connectivity index (χ2v) is 3.85. The summed E-state index contributed by atoms with van der Waals surface area (Å²) in [4.78, 5) is 11.5. The van der Waals surface area contributed by atoms with Crippen LogP contribution in [0.1, 0.15) is 31.4 Å². The van der Waals surface area contributed by atoms with E-state index in [1.807, 2.05) is 25.1 Å². The number of fused-ring (bicyclic) bond motifs is 1. The molecule has 1 aromatic carbocycles. The molecule has 16 heavy (non-hydrogen) atoms. The third-order valence-corrected chi connectivity index (χ3v) is 2.70. The molecular weight excluding hydrogens is 204 g/mol. The van der Waals surface area contributed by atoms with Gasteiger partial charge in [0.2, 0.25) is 5.91 Å². The van der Waals surface area contributed by atoms with Gasteiger partial charge in [-0.3, -0.25) is 4.79 Å². The first kappa shape index (κ1) is 11.0. The molecule has 2 rings (SSSR count). The van der Waals surface area contributed by atoms with Crippen molar-refractivity contribution in [3.05, 3.63) is 23.8 Å². The number of carbonyl (C=O) groups is 1. The fraction of sp³-hybridized carbons (Fsp3) is 0.417. The van der Waals surface area contributed by atoms with Gasteiger partial charge in [-0.05, 0) is 25.0 Å². The number of ether oxygens (including phenoxy) is 1. The molecule has 4 nitrogen and oxygen atoms in total. The molecule has 1 amide bonds. The molecule has 1 atom stereocenters. The summed E-state index contributed by atoms with van der Waals surface area (Å²) in [6.45, 7) is 2.49. The zero-order valence-corrected chi connectivity index (χ0v) is 9.32. The Morgan fingerprint density at radius 2 is 2.38 bits per heavy atom. The molecule has 0 saturated carbocycles. The number of carbonyl (C=O) groups excluding carboxylic acids is 1. The summed E-state index contributed by atoms with van der Waals surface area (Å²) in [5, 5.41) is 2.86. The fourth-order valence-corrected chi connectivity index (χ4v) is 1.91. The number of amides is 1. The predicted molar refractivity (Wildman–Crippen MR) is 62.4 cm³/mol. The topological polar surface area (TPSA) is 64.3 Å². The first-order chi connectivity index (χ1) is 7.72. The van der Waals surface area contributed by atoms with Crippen molar-refractivity contribution in [3.63, 3.8) is 0 Å². The van der Waals surface area contributed by atoms with Crippen LogP contribution >= 0.6 is 0 Å². The molecule has 1 aromatic rings. The number of rotatable bonds is 2. The van der Waals surface area contributed by atoms with Crippen molar-refractivity contribution in [3.8, 4) is 5.75 Å². The molecule has 1 aliphatic rings. The molecule has 1 aliphatic heterocycles. The standard InChI is InChI=1S/C12H16N2O2/c1-2-16-10-5-3-4-8-9(13)6-7-11(15)14-12(8)10/h3-5,9H,2,6-7,13H2,1H3,(H,14,15). The van der Waals surface area contributed by atoms with Crippen molar-refractivity contribution in [1.82, 2.24) is 0 Å². The Labute approximate surface area is 94.8 Å². The van der Waals surface area contributed by atoms with Gasteiger partial charge < -0.3 is 15.8 Å². The van der Waals surface area contributed by atoms with E-state index in [-0.39, 0.29) is 11.9 Å². The van der Waals surface area contributed by atoms with Gasteiger partial charge in [0.25, 0.3) is 0 Å². The molecule has 0 radical (unpaired) electrons. The maximum absolute atomic E-state index is 11.5. The van der Waals surface area contributed by atoms with Crippen molar-refractivity contribution in [2.45, 2.75) is 25.8 Å².